The Morgan fingerprint density at radius 1 is 1.06 bits per heavy atom. The average Bonchev–Trinajstić information content (AvgIpc) is 2.83. The molecule has 0 radical (unpaired) electrons. The van der Waals surface area contributed by atoms with E-state index in [1.54, 1.807) is 54.7 Å². The number of para-hydroxylation sites is 1. The fourth-order valence-corrected chi connectivity index (χ4v) is 3.02. The minimum atomic E-state index is -0.390. The fraction of sp³-hybridized carbons (Fsp3) is 0.200. The van der Waals surface area contributed by atoms with E-state index in [0.717, 1.165) is 11.1 Å². The molecule has 0 atom stereocenters. The van der Waals surface area contributed by atoms with Crippen LogP contribution in [0.15, 0.2) is 66.9 Å². The smallest absolute Gasteiger partial charge is 0.320 e. The molecule has 2 aromatic carbocycles. The molecule has 0 aliphatic heterocycles. The lowest BCUT2D eigenvalue weighted by Gasteiger charge is -2.13. The normalized spacial score (nSPS) is 10.3. The van der Waals surface area contributed by atoms with E-state index in [9.17, 15) is 9.59 Å². The summed E-state index contributed by atoms with van der Waals surface area (Å²) in [5.41, 5.74) is 5.77. The zero-order chi connectivity index (χ0) is 24.3. The van der Waals surface area contributed by atoms with Crippen molar-refractivity contribution >= 4 is 23.4 Å². The average molecular weight is 459 g/mol. The number of carbonyl (C=O) groups excluding carboxylic acids is 2. The number of benzene rings is 2. The van der Waals surface area contributed by atoms with Gasteiger partial charge in [-0.25, -0.2) is 15.3 Å². The van der Waals surface area contributed by atoms with E-state index in [4.69, 9.17) is 10.1 Å². The molecule has 174 valence electrons. The number of urea groups is 1. The number of carbonyl (C=O) groups is 2. The molecule has 0 spiro atoms. The summed E-state index contributed by atoms with van der Waals surface area (Å²) in [5.74, 6) is 0.0406. The first-order valence-corrected chi connectivity index (χ1v) is 10.7. The first kappa shape index (κ1) is 24.2. The number of rotatable bonds is 9. The van der Waals surface area contributed by atoms with Crippen LogP contribution in [0.25, 0.3) is 0 Å². The van der Waals surface area contributed by atoms with Crippen molar-refractivity contribution in [2.75, 3.05) is 10.6 Å². The van der Waals surface area contributed by atoms with Crippen molar-refractivity contribution in [2.24, 2.45) is 0 Å². The Morgan fingerprint density at radius 2 is 1.82 bits per heavy atom. The standard InChI is InChI=1S/C25H26N6O3/c1-17(2)29-25(33)30-23-13-20(11-12-27-23)15-28-22-6-4-3-5-21(22)24(32)31-34-16-19-9-7-18(14-26)8-10-19/h3-13,17,28H,15-16H2,1-2H3,(H,31,32)(H2,27,29,30,33). The predicted molar refractivity (Wildman–Crippen MR) is 129 cm³/mol. The van der Waals surface area contributed by atoms with Gasteiger partial charge in [0.1, 0.15) is 5.82 Å². The molecule has 0 saturated heterocycles. The lowest BCUT2D eigenvalue weighted by atomic mass is 10.1. The lowest BCUT2D eigenvalue weighted by Crippen LogP contribution is -2.34. The van der Waals surface area contributed by atoms with Crippen molar-refractivity contribution in [2.45, 2.75) is 33.0 Å². The lowest BCUT2D eigenvalue weighted by molar-refractivity contribution is 0.0234. The largest absolute Gasteiger partial charge is 0.380 e. The van der Waals surface area contributed by atoms with Gasteiger partial charge in [-0.1, -0.05) is 24.3 Å². The van der Waals surface area contributed by atoms with Gasteiger partial charge in [0, 0.05) is 24.5 Å². The number of amides is 3. The first-order chi connectivity index (χ1) is 16.4. The van der Waals surface area contributed by atoms with Gasteiger partial charge in [-0.05, 0) is 61.4 Å². The number of hydrogen-bond donors (Lipinski definition) is 4. The van der Waals surface area contributed by atoms with Crippen molar-refractivity contribution in [1.82, 2.24) is 15.8 Å². The maximum absolute atomic E-state index is 12.6. The zero-order valence-corrected chi connectivity index (χ0v) is 19.0. The monoisotopic (exact) mass is 458 g/mol. The third-order valence-corrected chi connectivity index (χ3v) is 4.63. The van der Waals surface area contributed by atoms with Crippen molar-refractivity contribution in [1.29, 1.82) is 5.26 Å². The number of pyridine rings is 1. The van der Waals surface area contributed by atoms with E-state index < -0.39 is 0 Å². The Hall–Kier alpha value is -4.42. The van der Waals surface area contributed by atoms with Gasteiger partial charge in [-0.2, -0.15) is 5.26 Å². The molecule has 0 saturated carbocycles. The van der Waals surface area contributed by atoms with Crippen molar-refractivity contribution < 1.29 is 14.4 Å². The Labute approximate surface area is 198 Å². The van der Waals surface area contributed by atoms with Crippen molar-refractivity contribution in [3.63, 3.8) is 0 Å². The molecule has 0 unspecified atom stereocenters. The second kappa shape index (κ2) is 12.0. The van der Waals surface area contributed by atoms with Crippen LogP contribution < -0.4 is 21.4 Å². The summed E-state index contributed by atoms with van der Waals surface area (Å²) in [4.78, 5) is 34.0. The van der Waals surface area contributed by atoms with E-state index in [1.165, 1.54) is 0 Å². The van der Waals surface area contributed by atoms with Crippen LogP contribution in [0.4, 0.5) is 16.3 Å². The second-order valence-electron chi connectivity index (χ2n) is 7.73. The van der Waals surface area contributed by atoms with Gasteiger partial charge >= 0.3 is 6.03 Å². The molecule has 3 aromatic rings. The number of nitrogens with one attached hydrogen (secondary N) is 4. The summed E-state index contributed by atoms with van der Waals surface area (Å²) in [6.45, 7) is 4.33. The molecular weight excluding hydrogens is 432 g/mol. The summed E-state index contributed by atoms with van der Waals surface area (Å²) in [7, 11) is 0. The van der Waals surface area contributed by atoms with Crippen molar-refractivity contribution in [3.05, 3.63) is 89.1 Å². The van der Waals surface area contributed by atoms with Crippen molar-refractivity contribution in [3.8, 4) is 6.07 Å². The van der Waals surface area contributed by atoms with E-state index in [-0.39, 0.29) is 24.6 Å². The Bertz CT molecular complexity index is 1170. The third-order valence-electron chi connectivity index (χ3n) is 4.63. The van der Waals surface area contributed by atoms with Gasteiger partial charge in [0.2, 0.25) is 0 Å². The molecule has 1 heterocycles. The van der Waals surface area contributed by atoms with Gasteiger partial charge < -0.3 is 10.6 Å². The number of nitriles is 1. The number of hydrogen-bond acceptors (Lipinski definition) is 6. The second-order valence-corrected chi connectivity index (χ2v) is 7.73. The minimum Gasteiger partial charge on any atom is -0.380 e. The number of aromatic nitrogens is 1. The molecule has 0 aliphatic carbocycles. The van der Waals surface area contributed by atoms with Gasteiger partial charge in [-0.3, -0.25) is 14.9 Å². The summed E-state index contributed by atoms with van der Waals surface area (Å²) in [6, 6.07) is 19.3. The Balaban J connectivity index is 1.56. The molecule has 9 nitrogen and oxygen atoms in total. The fourth-order valence-electron chi connectivity index (χ4n) is 3.02. The van der Waals surface area contributed by atoms with Crippen LogP contribution in [-0.4, -0.2) is 23.0 Å². The van der Waals surface area contributed by atoms with E-state index in [2.05, 4.69) is 32.5 Å². The molecule has 4 N–H and O–H groups in total. The number of nitrogens with zero attached hydrogens (tertiary/aromatic N) is 2. The van der Waals surface area contributed by atoms with Crippen LogP contribution in [0.3, 0.4) is 0 Å². The summed E-state index contributed by atoms with van der Waals surface area (Å²) >= 11 is 0. The van der Waals surface area contributed by atoms with E-state index in [1.807, 2.05) is 26.0 Å². The maximum Gasteiger partial charge on any atom is 0.320 e. The van der Waals surface area contributed by atoms with Crippen LogP contribution in [0.5, 0.6) is 0 Å². The van der Waals surface area contributed by atoms with Crippen LogP contribution in [-0.2, 0) is 18.0 Å². The maximum atomic E-state index is 12.6. The molecule has 34 heavy (non-hydrogen) atoms. The highest BCUT2D eigenvalue weighted by molar-refractivity contribution is 5.99. The molecule has 9 heteroatoms. The van der Waals surface area contributed by atoms with Gasteiger partial charge in [0.15, 0.2) is 0 Å². The Kier molecular flexibility index (Phi) is 8.54. The molecular formula is C25H26N6O3. The van der Waals surface area contributed by atoms with Gasteiger partial charge in [0.25, 0.3) is 5.91 Å². The molecule has 0 aliphatic rings. The summed E-state index contributed by atoms with van der Waals surface area (Å²) < 4.78 is 0. The highest BCUT2D eigenvalue weighted by atomic mass is 16.6. The number of anilines is 2. The molecule has 3 rings (SSSR count). The van der Waals surface area contributed by atoms with Gasteiger partial charge in [0.05, 0.1) is 23.8 Å². The minimum absolute atomic E-state index is 0.0144. The highest BCUT2D eigenvalue weighted by Gasteiger charge is 2.11. The van der Waals surface area contributed by atoms with E-state index >= 15 is 0 Å². The zero-order valence-electron chi connectivity index (χ0n) is 19.0. The topological polar surface area (TPSA) is 128 Å². The molecule has 3 amide bonds. The highest BCUT2D eigenvalue weighted by Crippen LogP contribution is 2.17. The Morgan fingerprint density at radius 3 is 2.56 bits per heavy atom. The van der Waals surface area contributed by atoms with E-state index in [0.29, 0.717) is 29.2 Å². The van der Waals surface area contributed by atoms with Gasteiger partial charge in [-0.15, -0.1) is 0 Å². The third kappa shape index (κ3) is 7.32. The molecule has 1 aromatic heterocycles. The summed E-state index contributed by atoms with van der Waals surface area (Å²) in [6.07, 6.45) is 1.61. The van der Waals surface area contributed by atoms with Crippen LogP contribution in [0, 0.1) is 11.3 Å². The molecule has 0 fully saturated rings. The quantitative estimate of drug-likeness (QED) is 0.359. The summed E-state index contributed by atoms with van der Waals surface area (Å²) in [5, 5.41) is 17.5. The van der Waals surface area contributed by atoms with Crippen LogP contribution in [0.1, 0.15) is 40.9 Å². The van der Waals surface area contributed by atoms with Crippen LogP contribution >= 0.6 is 0 Å². The molecule has 0 bridgehead atoms. The first-order valence-electron chi connectivity index (χ1n) is 10.7. The number of hydroxylamine groups is 1. The SMILES string of the molecule is CC(C)NC(=O)Nc1cc(CNc2ccccc2C(=O)NOCc2ccc(C#N)cc2)ccn1. The van der Waals surface area contributed by atoms with Crippen LogP contribution in [0.2, 0.25) is 0 Å². The predicted octanol–water partition coefficient (Wildman–Crippen LogP) is 3.96.